The highest BCUT2D eigenvalue weighted by Gasteiger charge is 2.35. The third-order valence-corrected chi connectivity index (χ3v) is 3.06. The smallest absolute Gasteiger partial charge is 0.328 e. The fraction of sp³-hybridized carbons (Fsp3) is 0.600. The van der Waals surface area contributed by atoms with E-state index < -0.39 is 23.3 Å². The lowest BCUT2D eigenvalue weighted by Crippen LogP contribution is -2.30. The number of alkyl halides is 1. The summed E-state index contributed by atoms with van der Waals surface area (Å²) in [5, 5.41) is 8.93. The number of halogens is 1. The molecule has 2 N–H and O–H groups in total. The van der Waals surface area contributed by atoms with E-state index in [1.54, 1.807) is 0 Å². The van der Waals surface area contributed by atoms with Crippen molar-refractivity contribution in [2.75, 3.05) is 6.61 Å². The number of nitrogens with one attached hydrogen (secondary N) is 1. The maximum atomic E-state index is 13.4. The molecule has 0 spiro atoms. The average Bonchev–Trinajstić information content (AvgIpc) is 2.59. The normalized spacial score (nSPS) is 29.5. The number of aliphatic hydroxyl groups excluding tert-OH is 1. The molecule has 0 amide bonds. The zero-order valence-corrected chi connectivity index (χ0v) is 8.60. The van der Waals surface area contributed by atoms with Crippen LogP contribution in [0.1, 0.15) is 18.9 Å². The molecular weight excluding hydrogens is 215 g/mol. The van der Waals surface area contributed by atoms with E-state index in [2.05, 4.69) is 4.98 Å². The lowest BCUT2D eigenvalue weighted by atomic mass is 10.1. The topological polar surface area (TPSA) is 75.1 Å². The van der Waals surface area contributed by atoms with Crippen LogP contribution in [0, 0.1) is 5.92 Å². The minimum atomic E-state index is -1.09. The summed E-state index contributed by atoms with van der Waals surface area (Å²) in [6.07, 6.45) is 0.910. The van der Waals surface area contributed by atoms with Crippen molar-refractivity contribution < 1.29 is 9.50 Å². The molecule has 0 aliphatic heterocycles. The predicted octanol–water partition coefficient (Wildman–Crippen LogP) is -0.182. The molecule has 1 saturated carbocycles. The van der Waals surface area contributed by atoms with Crippen molar-refractivity contribution in [1.29, 1.82) is 0 Å². The lowest BCUT2D eigenvalue weighted by molar-refractivity contribution is 0.162. The van der Waals surface area contributed by atoms with E-state index in [0.29, 0.717) is 6.42 Å². The Hall–Kier alpha value is -1.43. The van der Waals surface area contributed by atoms with Crippen molar-refractivity contribution in [1.82, 2.24) is 9.55 Å². The Morgan fingerprint density at radius 3 is 2.81 bits per heavy atom. The van der Waals surface area contributed by atoms with E-state index in [0.717, 1.165) is 0 Å². The first kappa shape index (κ1) is 11.1. The summed E-state index contributed by atoms with van der Waals surface area (Å²) in [5.41, 5.74) is -0.988. The van der Waals surface area contributed by atoms with E-state index in [9.17, 15) is 14.0 Å². The fourth-order valence-corrected chi connectivity index (χ4v) is 2.18. The van der Waals surface area contributed by atoms with Gasteiger partial charge in [-0.15, -0.1) is 0 Å². The number of rotatable bonds is 2. The van der Waals surface area contributed by atoms with Gasteiger partial charge in [0.2, 0.25) is 0 Å². The quantitative estimate of drug-likeness (QED) is 0.737. The summed E-state index contributed by atoms with van der Waals surface area (Å²) in [6, 6.07) is 0.956. The highest BCUT2D eigenvalue weighted by molar-refractivity contribution is 4.92. The number of aromatic amines is 1. The van der Waals surface area contributed by atoms with Crippen LogP contribution in [0.2, 0.25) is 0 Å². The van der Waals surface area contributed by atoms with Gasteiger partial charge in [-0.25, -0.2) is 9.18 Å². The van der Waals surface area contributed by atoms with Crippen LogP contribution < -0.4 is 11.2 Å². The van der Waals surface area contributed by atoms with Crippen molar-refractivity contribution in [3.63, 3.8) is 0 Å². The summed E-state index contributed by atoms with van der Waals surface area (Å²) >= 11 is 0. The van der Waals surface area contributed by atoms with E-state index in [4.69, 9.17) is 5.11 Å². The van der Waals surface area contributed by atoms with Gasteiger partial charge in [0.1, 0.15) is 6.17 Å². The van der Waals surface area contributed by atoms with Gasteiger partial charge in [0.15, 0.2) is 0 Å². The summed E-state index contributed by atoms with van der Waals surface area (Å²) in [7, 11) is 0. The summed E-state index contributed by atoms with van der Waals surface area (Å²) in [4.78, 5) is 24.4. The first-order valence-electron chi connectivity index (χ1n) is 5.18. The van der Waals surface area contributed by atoms with E-state index in [1.807, 2.05) is 0 Å². The van der Waals surface area contributed by atoms with E-state index >= 15 is 0 Å². The van der Waals surface area contributed by atoms with Crippen LogP contribution in [0.3, 0.4) is 0 Å². The molecule has 1 aliphatic rings. The van der Waals surface area contributed by atoms with Crippen LogP contribution in [-0.2, 0) is 0 Å². The van der Waals surface area contributed by atoms with Gasteiger partial charge in [-0.2, -0.15) is 0 Å². The Labute approximate surface area is 90.5 Å². The molecule has 88 valence electrons. The first-order valence-corrected chi connectivity index (χ1v) is 5.18. The zero-order valence-electron chi connectivity index (χ0n) is 8.60. The zero-order chi connectivity index (χ0) is 11.7. The highest BCUT2D eigenvalue weighted by Crippen LogP contribution is 2.35. The average molecular weight is 228 g/mol. The minimum Gasteiger partial charge on any atom is -0.396 e. The van der Waals surface area contributed by atoms with Crippen LogP contribution in [0.25, 0.3) is 0 Å². The van der Waals surface area contributed by atoms with Gasteiger partial charge in [-0.1, -0.05) is 0 Å². The molecule has 5 nitrogen and oxygen atoms in total. The van der Waals surface area contributed by atoms with Gasteiger partial charge in [-0.05, 0) is 12.8 Å². The van der Waals surface area contributed by atoms with E-state index in [-0.39, 0.29) is 19.1 Å². The molecule has 1 aromatic heterocycles. The van der Waals surface area contributed by atoms with Crippen molar-refractivity contribution in [2.45, 2.75) is 25.1 Å². The molecule has 3 atom stereocenters. The Balaban J connectivity index is 2.27. The van der Waals surface area contributed by atoms with E-state index in [1.165, 1.54) is 16.8 Å². The van der Waals surface area contributed by atoms with Crippen LogP contribution in [0.15, 0.2) is 21.9 Å². The molecule has 6 heteroatoms. The minimum absolute atomic E-state index is 0.206. The fourth-order valence-electron chi connectivity index (χ4n) is 2.18. The van der Waals surface area contributed by atoms with Gasteiger partial charge < -0.3 is 5.11 Å². The molecule has 16 heavy (non-hydrogen) atoms. The number of aliphatic hydroxyl groups is 1. The Bertz CT molecular complexity index is 481. The molecule has 0 aromatic carbocycles. The summed E-state index contributed by atoms with van der Waals surface area (Å²) in [6.45, 7) is -0.213. The molecular formula is C10H13FN2O3. The van der Waals surface area contributed by atoms with Gasteiger partial charge in [0, 0.05) is 30.8 Å². The number of aromatic nitrogens is 2. The maximum absolute atomic E-state index is 13.4. The monoisotopic (exact) mass is 228 g/mol. The van der Waals surface area contributed by atoms with Gasteiger partial charge in [0.25, 0.3) is 5.56 Å². The van der Waals surface area contributed by atoms with Crippen molar-refractivity contribution in [3.05, 3.63) is 33.1 Å². The van der Waals surface area contributed by atoms with Crippen LogP contribution in [0.5, 0.6) is 0 Å². The van der Waals surface area contributed by atoms with Gasteiger partial charge >= 0.3 is 5.69 Å². The molecule has 1 fully saturated rings. The number of nitrogens with zero attached hydrogens (tertiary/aromatic N) is 1. The lowest BCUT2D eigenvalue weighted by Gasteiger charge is -2.12. The van der Waals surface area contributed by atoms with Crippen LogP contribution in [-0.4, -0.2) is 27.4 Å². The molecule has 1 heterocycles. The molecule has 2 rings (SSSR count). The van der Waals surface area contributed by atoms with Crippen molar-refractivity contribution >= 4 is 0 Å². The molecule has 0 radical (unpaired) electrons. The largest absolute Gasteiger partial charge is 0.396 e. The summed E-state index contributed by atoms with van der Waals surface area (Å²) < 4.78 is 14.7. The summed E-state index contributed by atoms with van der Waals surface area (Å²) in [5.74, 6) is -0.413. The standard InChI is InChI=1S/C10H13FN2O3/c11-8-4-7(3-6(8)5-14)13-2-1-9(15)12-10(13)16/h1-2,6-8,14H,3-5H2,(H,12,15,16). The third-order valence-electron chi connectivity index (χ3n) is 3.06. The van der Waals surface area contributed by atoms with Crippen LogP contribution in [0.4, 0.5) is 4.39 Å². The van der Waals surface area contributed by atoms with Crippen molar-refractivity contribution in [3.8, 4) is 0 Å². The SMILES string of the molecule is O=c1ccn(C2CC(F)C(CO)C2)c(=O)[nH]1. The Kier molecular flexibility index (Phi) is 2.91. The van der Waals surface area contributed by atoms with Gasteiger partial charge in [-0.3, -0.25) is 14.3 Å². The maximum Gasteiger partial charge on any atom is 0.328 e. The second-order valence-electron chi connectivity index (χ2n) is 4.10. The first-order chi connectivity index (χ1) is 7.61. The highest BCUT2D eigenvalue weighted by atomic mass is 19.1. The van der Waals surface area contributed by atoms with Crippen molar-refractivity contribution in [2.24, 2.45) is 5.92 Å². The second-order valence-corrected chi connectivity index (χ2v) is 4.10. The number of H-pyrrole nitrogens is 1. The number of hydrogen-bond acceptors (Lipinski definition) is 3. The third kappa shape index (κ3) is 1.92. The molecule has 0 saturated heterocycles. The number of hydrogen-bond donors (Lipinski definition) is 2. The Morgan fingerprint density at radius 1 is 1.50 bits per heavy atom. The van der Waals surface area contributed by atoms with Crippen LogP contribution >= 0.6 is 0 Å². The second kappa shape index (κ2) is 4.21. The molecule has 3 unspecified atom stereocenters. The molecule has 1 aromatic rings. The molecule has 0 bridgehead atoms. The molecule has 1 aliphatic carbocycles. The Morgan fingerprint density at radius 2 is 2.25 bits per heavy atom. The predicted molar refractivity (Wildman–Crippen MR) is 55.1 cm³/mol. The van der Waals surface area contributed by atoms with Gasteiger partial charge in [0.05, 0.1) is 0 Å².